The maximum Gasteiger partial charge on any atom is 0.216 e. The topological polar surface area (TPSA) is 119 Å². The summed E-state index contributed by atoms with van der Waals surface area (Å²) in [4.78, 5) is 5.46. The summed E-state index contributed by atoms with van der Waals surface area (Å²) in [5, 5.41) is 38.3. The first kappa shape index (κ1) is 32.8. The van der Waals surface area contributed by atoms with Crippen LogP contribution in [-0.4, -0.2) is 84.8 Å². The average Bonchev–Trinajstić information content (AvgIpc) is 2.83. The zero-order valence-corrected chi connectivity index (χ0v) is 23.8. The van der Waals surface area contributed by atoms with Crippen molar-refractivity contribution in [3.63, 3.8) is 0 Å². The number of rotatable bonds is 8. The quantitative estimate of drug-likeness (QED) is 0.254. The van der Waals surface area contributed by atoms with Crippen molar-refractivity contribution in [3.8, 4) is 0 Å². The summed E-state index contributed by atoms with van der Waals surface area (Å²) in [6.07, 6.45) is -1.10. The number of hydrogen-bond acceptors (Lipinski definition) is 9. The summed E-state index contributed by atoms with van der Waals surface area (Å²) in [6.45, 7) is 17.9. The van der Waals surface area contributed by atoms with Crippen molar-refractivity contribution in [2.24, 2.45) is 28.8 Å². The Hall–Kier alpha value is -1.23. The van der Waals surface area contributed by atoms with Crippen LogP contribution in [0.3, 0.4) is 0 Å². The maximum atomic E-state index is 11.5. The van der Waals surface area contributed by atoms with Gasteiger partial charge in [0, 0.05) is 32.0 Å². The third-order valence-electron chi connectivity index (χ3n) is 7.69. The van der Waals surface area contributed by atoms with Gasteiger partial charge in [0.1, 0.15) is 11.7 Å². The summed E-state index contributed by atoms with van der Waals surface area (Å²) in [5.74, 6) is -0.852. The lowest BCUT2D eigenvalue weighted by Crippen LogP contribution is -2.55. The molecule has 0 spiro atoms. The van der Waals surface area contributed by atoms with E-state index in [1.807, 2.05) is 41.5 Å². The molecule has 0 saturated carbocycles. The van der Waals surface area contributed by atoms with Crippen LogP contribution in [0.1, 0.15) is 67.7 Å². The van der Waals surface area contributed by atoms with Gasteiger partial charge in [0.25, 0.3) is 0 Å². The minimum Gasteiger partial charge on any atom is -0.492 e. The van der Waals surface area contributed by atoms with Crippen molar-refractivity contribution >= 4 is 5.71 Å². The van der Waals surface area contributed by atoms with Gasteiger partial charge in [0.15, 0.2) is 0 Å². The number of oxime groups is 1. The van der Waals surface area contributed by atoms with E-state index in [4.69, 9.17) is 23.8 Å². The molecule has 1 saturated heterocycles. The highest BCUT2D eigenvalue weighted by atomic mass is 16.7. The van der Waals surface area contributed by atoms with Gasteiger partial charge in [0.2, 0.25) is 6.79 Å². The average molecular weight is 518 g/mol. The number of hydrogen-bond donors (Lipinski definition) is 3. The highest BCUT2D eigenvalue weighted by Gasteiger charge is 2.46. The van der Waals surface area contributed by atoms with Crippen molar-refractivity contribution in [2.75, 3.05) is 34.2 Å². The Labute approximate surface area is 217 Å². The standard InChI is InChI=1S/C27H51NO8/c1-11-22-27(8,31)25(30)20(5)23(28-35-16-34-13-12-32-9)17(2)14-26(7,33-10)15-18(3)24(29)19(4)21(6)36-22/h17-20,22,24-25,29-31H,6,11-16H2,1-5,7-10H3/b28-23+/t17-,18-,19?,20?,22-,24+,25?,26-,27-/m1/s1. The summed E-state index contributed by atoms with van der Waals surface area (Å²) < 4.78 is 22.4. The van der Waals surface area contributed by atoms with Crippen molar-refractivity contribution in [1.82, 2.24) is 0 Å². The Balaban J connectivity index is 3.43. The van der Waals surface area contributed by atoms with Crippen LogP contribution in [0, 0.1) is 23.7 Å². The highest BCUT2D eigenvalue weighted by Crippen LogP contribution is 2.37. The Morgan fingerprint density at radius 1 is 1.06 bits per heavy atom. The van der Waals surface area contributed by atoms with Crippen LogP contribution in [0.15, 0.2) is 17.5 Å². The predicted molar refractivity (Wildman–Crippen MR) is 139 cm³/mol. The molecule has 3 N–H and O–H groups in total. The molecule has 0 amide bonds. The van der Waals surface area contributed by atoms with Gasteiger partial charge in [-0.3, -0.25) is 0 Å². The molecule has 1 fully saturated rings. The van der Waals surface area contributed by atoms with E-state index in [1.165, 1.54) is 0 Å². The molecule has 36 heavy (non-hydrogen) atoms. The zero-order chi connectivity index (χ0) is 27.7. The fourth-order valence-electron chi connectivity index (χ4n) is 5.21. The van der Waals surface area contributed by atoms with E-state index in [1.54, 1.807) is 21.1 Å². The molecule has 0 aromatic rings. The van der Waals surface area contributed by atoms with E-state index >= 15 is 0 Å². The fourth-order valence-corrected chi connectivity index (χ4v) is 5.21. The summed E-state index contributed by atoms with van der Waals surface area (Å²) in [5.41, 5.74) is -1.63. The summed E-state index contributed by atoms with van der Waals surface area (Å²) in [6, 6.07) is 0. The third-order valence-corrected chi connectivity index (χ3v) is 7.69. The Morgan fingerprint density at radius 2 is 1.69 bits per heavy atom. The van der Waals surface area contributed by atoms with Gasteiger partial charge >= 0.3 is 0 Å². The number of ether oxygens (including phenoxy) is 4. The molecule has 9 atom stereocenters. The molecule has 9 nitrogen and oxygen atoms in total. The predicted octanol–water partition coefficient (Wildman–Crippen LogP) is 3.50. The minimum atomic E-state index is -1.63. The Kier molecular flexibility index (Phi) is 13.3. The largest absolute Gasteiger partial charge is 0.492 e. The van der Waals surface area contributed by atoms with Crippen LogP contribution in [0.5, 0.6) is 0 Å². The molecule has 0 bridgehead atoms. The molecule has 1 aliphatic heterocycles. The minimum absolute atomic E-state index is 0.0675. The van der Waals surface area contributed by atoms with Gasteiger partial charge in [-0.25, -0.2) is 0 Å². The third kappa shape index (κ3) is 8.67. The van der Waals surface area contributed by atoms with E-state index in [-0.39, 0.29) is 24.5 Å². The van der Waals surface area contributed by atoms with E-state index in [0.717, 1.165) is 0 Å². The molecule has 0 aromatic carbocycles. The molecule has 0 radical (unpaired) electrons. The van der Waals surface area contributed by atoms with E-state index in [9.17, 15) is 15.3 Å². The van der Waals surface area contributed by atoms with Crippen molar-refractivity contribution < 1.29 is 39.1 Å². The first-order chi connectivity index (χ1) is 16.8. The highest BCUT2D eigenvalue weighted by molar-refractivity contribution is 5.88. The maximum absolute atomic E-state index is 11.5. The smallest absolute Gasteiger partial charge is 0.216 e. The lowest BCUT2D eigenvalue weighted by molar-refractivity contribution is -0.156. The number of nitrogens with zero attached hydrogens (tertiary/aromatic N) is 1. The van der Waals surface area contributed by atoms with Crippen molar-refractivity contribution in [2.45, 2.75) is 97.2 Å². The van der Waals surface area contributed by atoms with Crippen LogP contribution in [0.25, 0.3) is 0 Å². The molecule has 3 unspecified atom stereocenters. The van der Waals surface area contributed by atoms with Crippen LogP contribution in [0.4, 0.5) is 0 Å². The molecule has 1 heterocycles. The van der Waals surface area contributed by atoms with Gasteiger partial charge in [0.05, 0.1) is 42.5 Å². The summed E-state index contributed by atoms with van der Waals surface area (Å²) in [7, 11) is 3.25. The zero-order valence-electron chi connectivity index (χ0n) is 23.8. The second-order valence-electron chi connectivity index (χ2n) is 10.8. The molecule has 0 aromatic heterocycles. The van der Waals surface area contributed by atoms with Crippen LogP contribution in [0.2, 0.25) is 0 Å². The van der Waals surface area contributed by atoms with Crippen LogP contribution < -0.4 is 0 Å². The van der Waals surface area contributed by atoms with E-state index in [0.29, 0.717) is 43.9 Å². The molecule has 9 heteroatoms. The SMILES string of the molecule is C=C1O[C@H](CC)[C@@](C)(O)C(O)C(C)/C(=N/OCOCCOC)[C@H](C)C[C@@](C)(OC)C[C@@H](C)[C@H](O)C1C. The van der Waals surface area contributed by atoms with Gasteiger partial charge in [-0.15, -0.1) is 0 Å². The molecule has 0 aliphatic carbocycles. The van der Waals surface area contributed by atoms with Gasteiger partial charge in [-0.1, -0.05) is 46.4 Å². The summed E-state index contributed by atoms with van der Waals surface area (Å²) >= 11 is 0. The van der Waals surface area contributed by atoms with Crippen LogP contribution >= 0.6 is 0 Å². The van der Waals surface area contributed by atoms with Gasteiger partial charge in [-0.2, -0.15) is 0 Å². The van der Waals surface area contributed by atoms with Gasteiger partial charge in [-0.05, 0) is 39.0 Å². The second kappa shape index (κ2) is 14.6. The lowest BCUT2D eigenvalue weighted by Gasteiger charge is -2.42. The van der Waals surface area contributed by atoms with Gasteiger partial charge < -0.3 is 39.1 Å². The number of aliphatic hydroxyl groups is 3. The molecular weight excluding hydrogens is 466 g/mol. The first-order valence-corrected chi connectivity index (χ1v) is 13.0. The number of methoxy groups -OCH3 is 2. The van der Waals surface area contributed by atoms with E-state index in [2.05, 4.69) is 11.7 Å². The van der Waals surface area contributed by atoms with Crippen molar-refractivity contribution in [3.05, 3.63) is 12.3 Å². The molecular formula is C27H51NO8. The molecule has 1 aliphatic rings. The Bertz CT molecular complexity index is 699. The lowest BCUT2D eigenvalue weighted by atomic mass is 9.75. The molecule has 212 valence electrons. The first-order valence-electron chi connectivity index (χ1n) is 13.0. The Morgan fingerprint density at radius 3 is 2.25 bits per heavy atom. The van der Waals surface area contributed by atoms with E-state index < -0.39 is 35.4 Å². The van der Waals surface area contributed by atoms with Crippen molar-refractivity contribution in [1.29, 1.82) is 0 Å². The normalized spacial score (nSPS) is 40.5. The number of aliphatic hydroxyl groups excluding tert-OH is 2. The second-order valence-corrected chi connectivity index (χ2v) is 10.8. The fraction of sp³-hybridized carbons (Fsp3) is 0.889. The van der Waals surface area contributed by atoms with Crippen LogP contribution in [-0.2, 0) is 23.8 Å². The molecule has 1 rings (SSSR count). The monoisotopic (exact) mass is 517 g/mol.